The lowest BCUT2D eigenvalue weighted by Crippen LogP contribution is -2.37. The molecular formula is C20H33N. The number of hydrogen-bond donors (Lipinski definition) is 0. The van der Waals surface area contributed by atoms with E-state index >= 15 is 0 Å². The second-order valence-electron chi connectivity index (χ2n) is 8.22. The van der Waals surface area contributed by atoms with Crippen LogP contribution in [0.15, 0.2) is 18.2 Å². The Labute approximate surface area is 131 Å². The highest BCUT2D eigenvalue weighted by Crippen LogP contribution is 2.35. The van der Waals surface area contributed by atoms with Crippen LogP contribution in [0.2, 0.25) is 0 Å². The summed E-state index contributed by atoms with van der Waals surface area (Å²) in [5.74, 6) is 1.50. The van der Waals surface area contributed by atoms with E-state index in [4.69, 9.17) is 0 Å². The van der Waals surface area contributed by atoms with Crippen molar-refractivity contribution in [1.82, 2.24) is 4.90 Å². The zero-order valence-corrected chi connectivity index (χ0v) is 14.9. The molecule has 0 radical (unpaired) electrons. The van der Waals surface area contributed by atoms with E-state index in [9.17, 15) is 0 Å². The summed E-state index contributed by atoms with van der Waals surface area (Å²) in [7, 11) is 0. The van der Waals surface area contributed by atoms with Crippen LogP contribution in [0.4, 0.5) is 0 Å². The average Bonchev–Trinajstić information content (AvgIpc) is 2.38. The highest BCUT2D eigenvalue weighted by atomic mass is 15.1. The molecule has 0 N–H and O–H groups in total. The zero-order valence-electron chi connectivity index (χ0n) is 14.9. The van der Waals surface area contributed by atoms with Crippen molar-refractivity contribution in [3.63, 3.8) is 0 Å². The minimum atomic E-state index is 0.471. The molecule has 1 aromatic rings. The van der Waals surface area contributed by atoms with Crippen molar-refractivity contribution >= 4 is 0 Å². The SMILES string of the molecule is Cc1cccc(CN2CCC(C(C)(C)C)CC2)c1C(C)C. The first-order chi connectivity index (χ1) is 9.79. The van der Waals surface area contributed by atoms with Crippen LogP contribution >= 0.6 is 0 Å². The van der Waals surface area contributed by atoms with Crippen molar-refractivity contribution in [2.75, 3.05) is 13.1 Å². The molecule has 0 aromatic heterocycles. The van der Waals surface area contributed by atoms with E-state index in [0.29, 0.717) is 11.3 Å². The minimum absolute atomic E-state index is 0.471. The van der Waals surface area contributed by atoms with Crippen LogP contribution in [0.1, 0.15) is 70.1 Å². The lowest BCUT2D eigenvalue weighted by atomic mass is 9.75. The van der Waals surface area contributed by atoms with Gasteiger partial charge in [0.1, 0.15) is 0 Å². The van der Waals surface area contributed by atoms with Gasteiger partial charge < -0.3 is 0 Å². The van der Waals surface area contributed by atoms with Crippen molar-refractivity contribution in [3.05, 3.63) is 34.9 Å². The maximum absolute atomic E-state index is 2.66. The Morgan fingerprint density at radius 3 is 2.29 bits per heavy atom. The predicted octanol–water partition coefficient (Wildman–Crippen LogP) is 5.38. The Morgan fingerprint density at radius 1 is 1.14 bits per heavy atom. The molecule has 1 saturated heterocycles. The molecule has 21 heavy (non-hydrogen) atoms. The van der Waals surface area contributed by atoms with Gasteiger partial charge in [-0.3, -0.25) is 4.90 Å². The van der Waals surface area contributed by atoms with E-state index in [1.165, 1.54) is 31.5 Å². The first-order valence-electron chi connectivity index (χ1n) is 8.59. The highest BCUT2D eigenvalue weighted by molar-refractivity contribution is 5.36. The Hall–Kier alpha value is -0.820. The fourth-order valence-corrected chi connectivity index (χ4v) is 3.90. The van der Waals surface area contributed by atoms with E-state index < -0.39 is 0 Å². The van der Waals surface area contributed by atoms with Gasteiger partial charge in [0.15, 0.2) is 0 Å². The van der Waals surface area contributed by atoms with E-state index in [2.05, 4.69) is 64.6 Å². The van der Waals surface area contributed by atoms with Crippen LogP contribution in [0.3, 0.4) is 0 Å². The van der Waals surface area contributed by atoms with Crippen molar-refractivity contribution < 1.29 is 0 Å². The zero-order chi connectivity index (χ0) is 15.6. The van der Waals surface area contributed by atoms with Gasteiger partial charge in [0.25, 0.3) is 0 Å². The summed E-state index contributed by atoms with van der Waals surface area (Å²) < 4.78 is 0. The Balaban J connectivity index is 2.03. The summed E-state index contributed by atoms with van der Waals surface area (Å²) in [5, 5.41) is 0. The van der Waals surface area contributed by atoms with Crippen LogP contribution in [0, 0.1) is 18.3 Å². The van der Waals surface area contributed by atoms with E-state index in [1.54, 1.807) is 11.1 Å². The number of piperidine rings is 1. The molecule has 0 atom stereocenters. The summed E-state index contributed by atoms with van der Waals surface area (Å²) in [6.07, 6.45) is 2.71. The molecule has 0 amide bonds. The van der Waals surface area contributed by atoms with Gasteiger partial charge in [-0.25, -0.2) is 0 Å². The molecule has 2 rings (SSSR count). The van der Waals surface area contributed by atoms with Crippen LogP contribution in [0.5, 0.6) is 0 Å². The topological polar surface area (TPSA) is 3.24 Å². The van der Waals surface area contributed by atoms with Crippen molar-refractivity contribution in [2.24, 2.45) is 11.3 Å². The van der Waals surface area contributed by atoms with E-state index in [0.717, 1.165) is 12.5 Å². The molecule has 1 aliphatic rings. The predicted molar refractivity (Wildman–Crippen MR) is 92.7 cm³/mol. The smallest absolute Gasteiger partial charge is 0.0236 e. The number of hydrogen-bond acceptors (Lipinski definition) is 1. The maximum Gasteiger partial charge on any atom is 0.0236 e. The third-order valence-electron chi connectivity index (χ3n) is 5.20. The third-order valence-corrected chi connectivity index (χ3v) is 5.20. The number of nitrogens with zero attached hydrogens (tertiary/aromatic N) is 1. The number of likely N-dealkylation sites (tertiary alicyclic amines) is 1. The molecule has 0 unspecified atom stereocenters. The molecule has 1 heterocycles. The Kier molecular flexibility index (Phi) is 5.14. The third kappa shape index (κ3) is 4.10. The van der Waals surface area contributed by atoms with Gasteiger partial charge in [-0.05, 0) is 66.8 Å². The standard InChI is InChI=1S/C20H33N/c1-15(2)19-16(3)8-7-9-17(19)14-21-12-10-18(11-13-21)20(4,5)6/h7-9,15,18H,10-14H2,1-6H3. The second kappa shape index (κ2) is 6.52. The first-order valence-corrected chi connectivity index (χ1v) is 8.59. The van der Waals surface area contributed by atoms with Gasteiger partial charge in [0.05, 0.1) is 0 Å². The normalized spacial score (nSPS) is 18.4. The molecule has 0 spiro atoms. The van der Waals surface area contributed by atoms with Crippen molar-refractivity contribution in [3.8, 4) is 0 Å². The van der Waals surface area contributed by atoms with Crippen LogP contribution in [-0.2, 0) is 6.54 Å². The molecule has 0 bridgehead atoms. The molecule has 0 saturated carbocycles. The van der Waals surface area contributed by atoms with Gasteiger partial charge in [0.2, 0.25) is 0 Å². The lowest BCUT2D eigenvalue weighted by Gasteiger charge is -2.39. The molecule has 118 valence electrons. The van der Waals surface area contributed by atoms with Gasteiger partial charge in [-0.1, -0.05) is 52.8 Å². The Bertz CT molecular complexity index is 459. The van der Waals surface area contributed by atoms with Gasteiger partial charge in [-0.2, -0.15) is 0 Å². The van der Waals surface area contributed by atoms with Crippen molar-refractivity contribution in [2.45, 2.75) is 66.8 Å². The number of benzene rings is 1. The van der Waals surface area contributed by atoms with Gasteiger partial charge >= 0.3 is 0 Å². The summed E-state index contributed by atoms with van der Waals surface area (Å²) in [4.78, 5) is 2.66. The van der Waals surface area contributed by atoms with Crippen LogP contribution in [0.25, 0.3) is 0 Å². The maximum atomic E-state index is 2.66. The summed E-state index contributed by atoms with van der Waals surface area (Å²) in [6, 6.07) is 6.81. The van der Waals surface area contributed by atoms with E-state index in [-0.39, 0.29) is 0 Å². The quantitative estimate of drug-likeness (QED) is 0.721. The Morgan fingerprint density at radius 2 is 1.76 bits per heavy atom. The summed E-state index contributed by atoms with van der Waals surface area (Å²) in [5.41, 5.74) is 5.03. The number of aryl methyl sites for hydroxylation is 1. The molecular weight excluding hydrogens is 254 g/mol. The molecule has 1 heteroatoms. The summed E-state index contributed by atoms with van der Waals surface area (Å²) >= 11 is 0. The highest BCUT2D eigenvalue weighted by Gasteiger charge is 2.28. The summed E-state index contributed by atoms with van der Waals surface area (Å²) in [6.45, 7) is 17.7. The monoisotopic (exact) mass is 287 g/mol. The van der Waals surface area contributed by atoms with Gasteiger partial charge in [-0.15, -0.1) is 0 Å². The van der Waals surface area contributed by atoms with Crippen LogP contribution < -0.4 is 0 Å². The average molecular weight is 287 g/mol. The molecule has 1 aromatic carbocycles. The lowest BCUT2D eigenvalue weighted by molar-refractivity contribution is 0.108. The van der Waals surface area contributed by atoms with Gasteiger partial charge in [0, 0.05) is 6.54 Å². The molecule has 1 aliphatic heterocycles. The van der Waals surface area contributed by atoms with E-state index in [1.807, 2.05) is 0 Å². The fraction of sp³-hybridized carbons (Fsp3) is 0.700. The van der Waals surface area contributed by atoms with Crippen molar-refractivity contribution in [1.29, 1.82) is 0 Å². The van der Waals surface area contributed by atoms with Crippen LogP contribution in [-0.4, -0.2) is 18.0 Å². The molecule has 1 nitrogen and oxygen atoms in total. The first kappa shape index (κ1) is 16.5. The largest absolute Gasteiger partial charge is 0.299 e. The second-order valence-corrected chi connectivity index (χ2v) is 8.22. The molecule has 0 aliphatic carbocycles. The minimum Gasteiger partial charge on any atom is -0.299 e. The number of rotatable bonds is 3. The molecule has 1 fully saturated rings. The fourth-order valence-electron chi connectivity index (χ4n) is 3.90.